The first kappa shape index (κ1) is 18.7. The Morgan fingerprint density at radius 1 is 1.27 bits per heavy atom. The Balaban J connectivity index is 0.00000121. The van der Waals surface area contributed by atoms with Gasteiger partial charge in [0.1, 0.15) is 5.65 Å². The molecule has 2 heterocycles. The Labute approximate surface area is 142 Å². The van der Waals surface area contributed by atoms with E-state index < -0.39 is 5.54 Å². The standard InChI is InChI=1S/C15H20N4O.2ClH/c16-15(5-2-1-3-6-15)14(20)18-11-12-4-8-19-9-7-17-13(19)10-12;;/h4,7-10H,1-3,5-6,11,16H2,(H,18,20);2*1H. The highest BCUT2D eigenvalue weighted by Gasteiger charge is 2.34. The third-order valence-electron chi connectivity index (χ3n) is 4.11. The van der Waals surface area contributed by atoms with Gasteiger partial charge in [0.25, 0.3) is 0 Å². The van der Waals surface area contributed by atoms with Gasteiger partial charge >= 0.3 is 0 Å². The molecule has 0 atom stereocenters. The van der Waals surface area contributed by atoms with E-state index in [9.17, 15) is 4.79 Å². The predicted octanol–water partition coefficient (Wildman–Crippen LogP) is 2.46. The summed E-state index contributed by atoms with van der Waals surface area (Å²) in [6.07, 6.45) is 10.5. The molecule has 1 aliphatic rings. The van der Waals surface area contributed by atoms with Crippen molar-refractivity contribution in [1.29, 1.82) is 0 Å². The minimum absolute atomic E-state index is 0. The van der Waals surface area contributed by atoms with Crippen LogP contribution in [0.5, 0.6) is 0 Å². The van der Waals surface area contributed by atoms with Crippen LogP contribution in [0.3, 0.4) is 0 Å². The highest BCUT2D eigenvalue weighted by atomic mass is 35.5. The summed E-state index contributed by atoms with van der Waals surface area (Å²) in [5, 5.41) is 2.97. The topological polar surface area (TPSA) is 72.4 Å². The smallest absolute Gasteiger partial charge is 0.240 e. The van der Waals surface area contributed by atoms with E-state index in [1.165, 1.54) is 6.42 Å². The highest BCUT2D eigenvalue weighted by Crippen LogP contribution is 2.26. The zero-order valence-corrected chi connectivity index (χ0v) is 14.0. The van der Waals surface area contributed by atoms with E-state index in [4.69, 9.17) is 5.73 Å². The van der Waals surface area contributed by atoms with Crippen molar-refractivity contribution in [2.45, 2.75) is 44.2 Å². The number of rotatable bonds is 3. The summed E-state index contributed by atoms with van der Waals surface area (Å²) in [4.78, 5) is 16.5. The van der Waals surface area contributed by atoms with Gasteiger partial charge in [0.2, 0.25) is 5.91 Å². The lowest BCUT2D eigenvalue weighted by atomic mass is 9.82. The average Bonchev–Trinajstić information content (AvgIpc) is 2.93. The lowest BCUT2D eigenvalue weighted by molar-refractivity contribution is -0.127. The number of pyridine rings is 1. The van der Waals surface area contributed by atoms with Gasteiger partial charge in [0, 0.05) is 25.1 Å². The van der Waals surface area contributed by atoms with Crippen LogP contribution in [0.4, 0.5) is 0 Å². The number of halogens is 2. The number of fused-ring (bicyclic) bond motifs is 1. The third kappa shape index (κ3) is 3.91. The Bertz CT molecular complexity index is 623. The molecule has 1 aliphatic carbocycles. The molecule has 0 spiro atoms. The maximum absolute atomic E-state index is 12.2. The van der Waals surface area contributed by atoms with Gasteiger partial charge in [-0.1, -0.05) is 19.3 Å². The molecule has 2 aromatic rings. The predicted molar refractivity (Wildman–Crippen MR) is 91.5 cm³/mol. The lowest BCUT2D eigenvalue weighted by Gasteiger charge is -2.31. The molecule has 3 rings (SSSR count). The molecule has 1 fully saturated rings. The number of nitrogens with one attached hydrogen (secondary N) is 1. The van der Waals surface area contributed by atoms with Crippen molar-refractivity contribution in [2.24, 2.45) is 5.73 Å². The minimum Gasteiger partial charge on any atom is -0.350 e. The summed E-state index contributed by atoms with van der Waals surface area (Å²) < 4.78 is 1.94. The fraction of sp³-hybridized carbons (Fsp3) is 0.467. The lowest BCUT2D eigenvalue weighted by Crippen LogP contribution is -2.54. The van der Waals surface area contributed by atoms with E-state index in [-0.39, 0.29) is 30.7 Å². The van der Waals surface area contributed by atoms with Gasteiger partial charge in [0.05, 0.1) is 5.54 Å². The number of hydrogen-bond acceptors (Lipinski definition) is 3. The summed E-state index contributed by atoms with van der Waals surface area (Å²) in [5.74, 6) is -0.0274. The summed E-state index contributed by atoms with van der Waals surface area (Å²) in [6, 6.07) is 3.96. The molecule has 0 unspecified atom stereocenters. The second-order valence-electron chi connectivity index (χ2n) is 5.63. The van der Waals surface area contributed by atoms with Crippen molar-refractivity contribution in [3.05, 3.63) is 36.3 Å². The normalized spacial score (nSPS) is 16.4. The number of amides is 1. The molecule has 5 nitrogen and oxygen atoms in total. The first-order chi connectivity index (χ1) is 9.67. The number of carbonyl (C=O) groups is 1. The largest absolute Gasteiger partial charge is 0.350 e. The van der Waals surface area contributed by atoms with Gasteiger partial charge in [-0.15, -0.1) is 24.8 Å². The van der Waals surface area contributed by atoms with Crippen LogP contribution in [0.15, 0.2) is 30.7 Å². The molecule has 0 radical (unpaired) electrons. The van der Waals surface area contributed by atoms with E-state index in [0.29, 0.717) is 6.54 Å². The van der Waals surface area contributed by atoms with Crippen LogP contribution >= 0.6 is 24.8 Å². The molecule has 0 aromatic carbocycles. The van der Waals surface area contributed by atoms with Gasteiger partial charge < -0.3 is 15.5 Å². The van der Waals surface area contributed by atoms with Crippen LogP contribution in [0.2, 0.25) is 0 Å². The van der Waals surface area contributed by atoms with Gasteiger partial charge in [0.15, 0.2) is 0 Å². The van der Waals surface area contributed by atoms with Crippen LogP contribution in [-0.2, 0) is 11.3 Å². The Hall–Kier alpha value is -1.30. The molecular formula is C15H22Cl2N4O. The molecule has 7 heteroatoms. The third-order valence-corrected chi connectivity index (χ3v) is 4.11. The van der Waals surface area contributed by atoms with Crippen molar-refractivity contribution in [3.63, 3.8) is 0 Å². The first-order valence-electron chi connectivity index (χ1n) is 7.16. The maximum atomic E-state index is 12.2. The van der Waals surface area contributed by atoms with Gasteiger partial charge in [-0.2, -0.15) is 0 Å². The number of hydrogen-bond donors (Lipinski definition) is 2. The molecule has 0 aliphatic heterocycles. The molecule has 122 valence electrons. The van der Waals surface area contributed by atoms with E-state index in [1.54, 1.807) is 6.20 Å². The van der Waals surface area contributed by atoms with Crippen molar-refractivity contribution in [2.75, 3.05) is 0 Å². The molecule has 0 bridgehead atoms. The molecule has 2 aromatic heterocycles. The van der Waals surface area contributed by atoms with E-state index in [0.717, 1.165) is 36.9 Å². The zero-order chi connectivity index (χ0) is 14.0. The fourth-order valence-electron chi connectivity index (χ4n) is 2.83. The Morgan fingerprint density at radius 3 is 2.73 bits per heavy atom. The van der Waals surface area contributed by atoms with Gasteiger partial charge in [-0.05, 0) is 30.5 Å². The van der Waals surface area contributed by atoms with Crippen LogP contribution in [0.25, 0.3) is 5.65 Å². The molecule has 1 saturated carbocycles. The van der Waals surface area contributed by atoms with Crippen molar-refractivity contribution >= 4 is 36.4 Å². The summed E-state index contributed by atoms with van der Waals surface area (Å²) >= 11 is 0. The number of nitrogens with zero attached hydrogens (tertiary/aromatic N) is 2. The average molecular weight is 345 g/mol. The second-order valence-corrected chi connectivity index (χ2v) is 5.63. The first-order valence-corrected chi connectivity index (χ1v) is 7.16. The molecule has 3 N–H and O–H groups in total. The Morgan fingerprint density at radius 2 is 2.00 bits per heavy atom. The van der Waals surface area contributed by atoms with Crippen molar-refractivity contribution < 1.29 is 4.79 Å². The van der Waals surface area contributed by atoms with Crippen LogP contribution in [0, 0.1) is 0 Å². The van der Waals surface area contributed by atoms with Crippen LogP contribution in [-0.4, -0.2) is 20.8 Å². The van der Waals surface area contributed by atoms with Crippen LogP contribution < -0.4 is 11.1 Å². The van der Waals surface area contributed by atoms with E-state index >= 15 is 0 Å². The monoisotopic (exact) mass is 344 g/mol. The molecule has 1 amide bonds. The minimum atomic E-state index is -0.671. The van der Waals surface area contributed by atoms with Gasteiger partial charge in [-0.3, -0.25) is 4.79 Å². The maximum Gasteiger partial charge on any atom is 0.240 e. The fourth-order valence-corrected chi connectivity index (χ4v) is 2.83. The van der Waals surface area contributed by atoms with Crippen LogP contribution in [0.1, 0.15) is 37.7 Å². The van der Waals surface area contributed by atoms with E-state index in [1.807, 2.05) is 28.9 Å². The summed E-state index contributed by atoms with van der Waals surface area (Å²) in [6.45, 7) is 0.501. The SMILES string of the molecule is Cl.Cl.NC1(C(=O)NCc2ccn3ccnc3c2)CCCCC1. The van der Waals surface area contributed by atoms with Gasteiger partial charge in [-0.25, -0.2) is 4.98 Å². The van der Waals surface area contributed by atoms with Crippen molar-refractivity contribution in [3.8, 4) is 0 Å². The number of aromatic nitrogens is 2. The second kappa shape index (κ2) is 7.81. The summed E-state index contributed by atoms with van der Waals surface area (Å²) in [5.41, 5.74) is 7.47. The number of carbonyl (C=O) groups excluding carboxylic acids is 1. The molecular weight excluding hydrogens is 323 g/mol. The number of nitrogens with two attached hydrogens (primary N) is 1. The zero-order valence-electron chi connectivity index (χ0n) is 12.3. The number of imidazole rings is 1. The summed E-state index contributed by atoms with van der Waals surface area (Å²) in [7, 11) is 0. The Kier molecular flexibility index (Phi) is 6.66. The van der Waals surface area contributed by atoms with E-state index in [2.05, 4.69) is 10.3 Å². The van der Waals surface area contributed by atoms with Crippen molar-refractivity contribution in [1.82, 2.24) is 14.7 Å². The molecule has 0 saturated heterocycles. The quantitative estimate of drug-likeness (QED) is 0.898. The highest BCUT2D eigenvalue weighted by molar-refractivity contribution is 5.86. The molecule has 22 heavy (non-hydrogen) atoms.